The van der Waals surface area contributed by atoms with E-state index in [0.717, 1.165) is 5.75 Å². The average molecular weight is 293 g/mol. The molecule has 0 aliphatic heterocycles. The van der Waals surface area contributed by atoms with Crippen LogP contribution in [0.1, 0.15) is 82.3 Å². The van der Waals surface area contributed by atoms with Gasteiger partial charge in [-0.15, -0.1) is 0 Å². The maximum atomic E-state index is 4.41. The fourth-order valence-electron chi connectivity index (χ4n) is 2.76. The fraction of sp³-hybridized carbons (Fsp3) is 0.684. The Morgan fingerprint density at radius 3 is 1.75 bits per heavy atom. The quantitative estimate of drug-likeness (QED) is 0.326. The van der Waals surface area contributed by atoms with Crippen molar-refractivity contribution in [3.05, 3.63) is 35.4 Å². The van der Waals surface area contributed by atoms with Crippen LogP contribution in [0.5, 0.6) is 0 Å². The molecule has 0 atom stereocenters. The van der Waals surface area contributed by atoms with Crippen LogP contribution in [-0.2, 0) is 12.2 Å². The van der Waals surface area contributed by atoms with Gasteiger partial charge in [-0.25, -0.2) is 0 Å². The lowest BCUT2D eigenvalue weighted by molar-refractivity contribution is 0.556. The van der Waals surface area contributed by atoms with E-state index < -0.39 is 0 Å². The summed E-state index contributed by atoms with van der Waals surface area (Å²) in [5.74, 6) is 0.869. The molecule has 0 aliphatic carbocycles. The van der Waals surface area contributed by atoms with Crippen LogP contribution in [0.2, 0.25) is 0 Å². The number of aryl methyl sites for hydroxylation is 1. The van der Waals surface area contributed by atoms with Crippen LogP contribution in [0, 0.1) is 0 Å². The minimum absolute atomic E-state index is 0.869. The molecule has 1 aromatic carbocycles. The third-order valence-corrected chi connectivity index (χ3v) is 4.43. The molecule has 114 valence electrons. The van der Waals surface area contributed by atoms with Crippen molar-refractivity contribution >= 4 is 12.6 Å². The molecule has 0 bridgehead atoms. The van der Waals surface area contributed by atoms with Crippen molar-refractivity contribution in [3.8, 4) is 0 Å². The van der Waals surface area contributed by atoms with Crippen molar-refractivity contribution < 1.29 is 0 Å². The van der Waals surface area contributed by atoms with Crippen LogP contribution in [-0.4, -0.2) is 0 Å². The monoisotopic (exact) mass is 292 g/mol. The second-order valence-corrected chi connectivity index (χ2v) is 6.18. The number of thiol groups is 1. The minimum atomic E-state index is 0.869. The molecular formula is C19H32S. The van der Waals surface area contributed by atoms with E-state index in [1.807, 2.05) is 0 Å². The Balaban J connectivity index is 1.97. The van der Waals surface area contributed by atoms with Crippen LogP contribution in [0.25, 0.3) is 0 Å². The predicted molar refractivity (Wildman–Crippen MR) is 94.7 cm³/mol. The summed E-state index contributed by atoms with van der Waals surface area (Å²) in [4.78, 5) is 0. The molecule has 0 heterocycles. The molecule has 1 rings (SSSR count). The summed E-state index contributed by atoms with van der Waals surface area (Å²) >= 11 is 4.41. The standard InChI is InChI=1S/C19H32S/c1-2-3-4-5-6-7-8-9-10-11-14-18-15-12-13-16-19(18)17-20/h12-13,15-16,20H,2-11,14,17H2,1H3. The Labute approximate surface area is 131 Å². The highest BCUT2D eigenvalue weighted by atomic mass is 32.1. The lowest BCUT2D eigenvalue weighted by Gasteiger charge is -2.07. The van der Waals surface area contributed by atoms with Crippen molar-refractivity contribution in [3.63, 3.8) is 0 Å². The molecule has 0 saturated carbocycles. The number of rotatable bonds is 12. The summed E-state index contributed by atoms with van der Waals surface area (Å²) in [5, 5.41) is 0. The topological polar surface area (TPSA) is 0 Å². The zero-order valence-corrected chi connectivity index (χ0v) is 14.1. The Morgan fingerprint density at radius 1 is 0.700 bits per heavy atom. The maximum absolute atomic E-state index is 4.41. The molecule has 0 fully saturated rings. The second-order valence-electron chi connectivity index (χ2n) is 5.86. The highest BCUT2D eigenvalue weighted by molar-refractivity contribution is 7.79. The molecule has 1 heteroatoms. The van der Waals surface area contributed by atoms with Crippen molar-refractivity contribution in [2.75, 3.05) is 0 Å². The van der Waals surface area contributed by atoms with E-state index in [1.54, 1.807) is 0 Å². The summed E-state index contributed by atoms with van der Waals surface area (Å²) in [7, 11) is 0. The van der Waals surface area contributed by atoms with Gasteiger partial charge < -0.3 is 0 Å². The van der Waals surface area contributed by atoms with Crippen LogP contribution >= 0.6 is 12.6 Å². The van der Waals surface area contributed by atoms with Crippen molar-refractivity contribution in [2.45, 2.75) is 83.3 Å². The summed E-state index contributed by atoms with van der Waals surface area (Å²) in [6, 6.07) is 8.74. The third-order valence-electron chi connectivity index (χ3n) is 4.09. The third kappa shape index (κ3) is 7.99. The Hall–Kier alpha value is -0.430. The fourth-order valence-corrected chi connectivity index (χ4v) is 3.07. The number of hydrogen-bond donors (Lipinski definition) is 1. The van der Waals surface area contributed by atoms with Gasteiger partial charge in [0.25, 0.3) is 0 Å². The Bertz CT molecular complexity index is 332. The lowest BCUT2D eigenvalue weighted by atomic mass is 10.0. The van der Waals surface area contributed by atoms with E-state index in [-0.39, 0.29) is 0 Å². The average Bonchev–Trinajstić information content (AvgIpc) is 2.49. The second kappa shape index (κ2) is 12.3. The summed E-state index contributed by atoms with van der Waals surface area (Å²) in [6.45, 7) is 2.28. The van der Waals surface area contributed by atoms with E-state index in [2.05, 4.69) is 43.8 Å². The van der Waals surface area contributed by atoms with Crippen LogP contribution in [0.4, 0.5) is 0 Å². The summed E-state index contributed by atoms with van der Waals surface area (Å²) < 4.78 is 0. The molecule has 0 spiro atoms. The summed E-state index contributed by atoms with van der Waals surface area (Å²) in [5.41, 5.74) is 2.91. The maximum Gasteiger partial charge on any atom is 0.0157 e. The van der Waals surface area contributed by atoms with Gasteiger partial charge >= 0.3 is 0 Å². The molecule has 1 aromatic rings. The molecule has 0 aromatic heterocycles. The summed E-state index contributed by atoms with van der Waals surface area (Å²) in [6.07, 6.45) is 15.3. The normalized spacial score (nSPS) is 10.9. The largest absolute Gasteiger partial charge is 0.175 e. The first-order chi connectivity index (χ1) is 9.88. The molecule has 0 unspecified atom stereocenters. The highest BCUT2D eigenvalue weighted by Crippen LogP contribution is 2.16. The Kier molecular flexibility index (Phi) is 10.9. The van der Waals surface area contributed by atoms with Gasteiger partial charge in [-0.3, -0.25) is 0 Å². The minimum Gasteiger partial charge on any atom is -0.175 e. The molecule has 0 aliphatic rings. The molecule has 0 nitrogen and oxygen atoms in total. The van der Waals surface area contributed by atoms with Gasteiger partial charge in [-0.05, 0) is 24.0 Å². The highest BCUT2D eigenvalue weighted by Gasteiger charge is 1.99. The number of benzene rings is 1. The van der Waals surface area contributed by atoms with Crippen LogP contribution < -0.4 is 0 Å². The molecule has 0 N–H and O–H groups in total. The Morgan fingerprint density at radius 2 is 1.20 bits per heavy atom. The first kappa shape index (κ1) is 17.6. The SMILES string of the molecule is CCCCCCCCCCCCc1ccccc1CS. The van der Waals surface area contributed by atoms with Gasteiger partial charge in [0.15, 0.2) is 0 Å². The van der Waals surface area contributed by atoms with Gasteiger partial charge in [0.1, 0.15) is 0 Å². The lowest BCUT2D eigenvalue weighted by Crippen LogP contribution is -1.92. The van der Waals surface area contributed by atoms with Gasteiger partial charge in [-0.1, -0.05) is 89.0 Å². The van der Waals surface area contributed by atoms with E-state index in [9.17, 15) is 0 Å². The van der Waals surface area contributed by atoms with Crippen molar-refractivity contribution in [1.82, 2.24) is 0 Å². The van der Waals surface area contributed by atoms with E-state index in [4.69, 9.17) is 0 Å². The van der Waals surface area contributed by atoms with E-state index >= 15 is 0 Å². The van der Waals surface area contributed by atoms with Crippen molar-refractivity contribution in [1.29, 1.82) is 0 Å². The van der Waals surface area contributed by atoms with Crippen molar-refractivity contribution in [2.24, 2.45) is 0 Å². The first-order valence-corrected chi connectivity index (χ1v) is 9.19. The predicted octanol–water partition coefficient (Wildman–Crippen LogP) is 6.58. The number of hydrogen-bond acceptors (Lipinski definition) is 1. The molecular weight excluding hydrogens is 260 g/mol. The first-order valence-electron chi connectivity index (χ1n) is 8.56. The number of unbranched alkanes of at least 4 members (excludes halogenated alkanes) is 9. The van der Waals surface area contributed by atoms with Crippen LogP contribution in [0.3, 0.4) is 0 Å². The van der Waals surface area contributed by atoms with Crippen LogP contribution in [0.15, 0.2) is 24.3 Å². The van der Waals surface area contributed by atoms with Gasteiger partial charge in [0.2, 0.25) is 0 Å². The molecule has 0 amide bonds. The zero-order valence-electron chi connectivity index (χ0n) is 13.2. The van der Waals surface area contributed by atoms with Gasteiger partial charge in [0, 0.05) is 5.75 Å². The van der Waals surface area contributed by atoms with E-state index in [0.29, 0.717) is 0 Å². The molecule has 20 heavy (non-hydrogen) atoms. The van der Waals surface area contributed by atoms with E-state index in [1.165, 1.54) is 81.8 Å². The molecule has 0 saturated heterocycles. The molecule has 0 radical (unpaired) electrons. The smallest absolute Gasteiger partial charge is 0.0157 e. The van der Waals surface area contributed by atoms with Gasteiger partial charge in [0.05, 0.1) is 0 Å². The van der Waals surface area contributed by atoms with Gasteiger partial charge in [-0.2, -0.15) is 12.6 Å². The zero-order chi connectivity index (χ0) is 14.5.